The number of carboxylic acids is 1. The Bertz CT molecular complexity index is 395. The van der Waals surface area contributed by atoms with Crippen molar-refractivity contribution in [3.63, 3.8) is 0 Å². The van der Waals surface area contributed by atoms with E-state index in [1.54, 1.807) is 6.92 Å². The first kappa shape index (κ1) is 14.1. The molecule has 0 aliphatic heterocycles. The van der Waals surface area contributed by atoms with Crippen LogP contribution in [-0.2, 0) is 9.59 Å². The number of thioether (sulfide) groups is 2. The van der Waals surface area contributed by atoms with Crippen LogP contribution in [0.1, 0.15) is 13.3 Å². The molecule has 0 aromatic heterocycles. The van der Waals surface area contributed by atoms with Crippen molar-refractivity contribution >= 4 is 35.3 Å². The number of aliphatic carboxylic acids is 1. The molecule has 0 amide bonds. The molecule has 92 valence electrons. The summed E-state index contributed by atoms with van der Waals surface area (Å²) in [5, 5.41) is 8.59. The zero-order valence-corrected chi connectivity index (χ0v) is 11.1. The van der Waals surface area contributed by atoms with Gasteiger partial charge in [0.15, 0.2) is 0 Å². The third-order valence-corrected chi connectivity index (χ3v) is 4.08. The lowest BCUT2D eigenvalue weighted by atomic mass is 10.4. The standard InChI is InChI=1S/C12H14O3S2/c1-9(13)7-16-10-3-2-4-11(6-5-10)17-8-12(14)15/h2-3,5-6H,4,7-8H2,1H3,(H,14,15). The molecule has 1 rings (SSSR count). The van der Waals surface area contributed by atoms with E-state index in [9.17, 15) is 9.59 Å². The monoisotopic (exact) mass is 270 g/mol. The quantitative estimate of drug-likeness (QED) is 0.804. The van der Waals surface area contributed by atoms with Gasteiger partial charge in [-0.15, -0.1) is 23.5 Å². The second-order valence-electron chi connectivity index (χ2n) is 3.48. The average molecular weight is 270 g/mol. The van der Waals surface area contributed by atoms with Crippen molar-refractivity contribution < 1.29 is 14.7 Å². The van der Waals surface area contributed by atoms with Gasteiger partial charge in [-0.1, -0.05) is 18.2 Å². The number of carbonyl (C=O) groups is 2. The number of allylic oxidation sites excluding steroid dienone is 5. The molecular weight excluding hydrogens is 256 g/mol. The predicted molar refractivity (Wildman–Crippen MR) is 73.2 cm³/mol. The van der Waals surface area contributed by atoms with E-state index in [1.165, 1.54) is 23.5 Å². The summed E-state index contributed by atoms with van der Waals surface area (Å²) in [7, 11) is 0. The molecule has 1 N–H and O–H groups in total. The fraction of sp³-hybridized carbons (Fsp3) is 0.333. The average Bonchev–Trinajstić information content (AvgIpc) is 2.48. The molecule has 0 aromatic carbocycles. The smallest absolute Gasteiger partial charge is 0.313 e. The van der Waals surface area contributed by atoms with Crippen molar-refractivity contribution in [2.24, 2.45) is 0 Å². The minimum atomic E-state index is -0.806. The van der Waals surface area contributed by atoms with Crippen LogP contribution < -0.4 is 0 Å². The Balaban J connectivity index is 2.53. The van der Waals surface area contributed by atoms with Crippen molar-refractivity contribution in [2.75, 3.05) is 11.5 Å². The van der Waals surface area contributed by atoms with E-state index >= 15 is 0 Å². The number of Topliss-reactive ketones (excluding diaryl/α,β-unsaturated/α-hetero) is 1. The second-order valence-corrected chi connectivity index (χ2v) is 5.63. The maximum Gasteiger partial charge on any atom is 0.313 e. The normalized spacial score (nSPS) is 14.9. The van der Waals surface area contributed by atoms with Crippen LogP contribution in [0.15, 0.2) is 34.1 Å². The maximum absolute atomic E-state index is 10.9. The highest BCUT2D eigenvalue weighted by Gasteiger charge is 2.04. The Morgan fingerprint density at radius 3 is 2.71 bits per heavy atom. The molecule has 1 aliphatic rings. The lowest BCUT2D eigenvalue weighted by Gasteiger charge is -1.99. The van der Waals surface area contributed by atoms with Gasteiger partial charge in [-0.2, -0.15) is 0 Å². The van der Waals surface area contributed by atoms with E-state index < -0.39 is 5.97 Å². The van der Waals surface area contributed by atoms with Gasteiger partial charge >= 0.3 is 5.97 Å². The lowest BCUT2D eigenvalue weighted by molar-refractivity contribution is -0.133. The molecule has 0 bridgehead atoms. The van der Waals surface area contributed by atoms with E-state index in [2.05, 4.69) is 0 Å². The number of carbonyl (C=O) groups excluding carboxylic acids is 1. The Hall–Kier alpha value is -0.940. The van der Waals surface area contributed by atoms with Crippen molar-refractivity contribution in [3.05, 3.63) is 34.1 Å². The largest absolute Gasteiger partial charge is 0.481 e. The highest BCUT2D eigenvalue weighted by atomic mass is 32.2. The summed E-state index contributed by atoms with van der Waals surface area (Å²) in [6.45, 7) is 1.57. The van der Waals surface area contributed by atoms with Crippen LogP contribution in [0.4, 0.5) is 0 Å². The number of hydrogen-bond donors (Lipinski definition) is 1. The van der Waals surface area contributed by atoms with E-state index in [0.717, 1.165) is 16.2 Å². The second kappa shape index (κ2) is 7.40. The Kier molecular flexibility index (Phi) is 6.15. The molecule has 0 unspecified atom stereocenters. The van der Waals surface area contributed by atoms with Crippen LogP contribution in [0.5, 0.6) is 0 Å². The van der Waals surface area contributed by atoms with Gasteiger partial charge < -0.3 is 5.11 Å². The van der Waals surface area contributed by atoms with Gasteiger partial charge in [0.05, 0.1) is 11.5 Å². The molecule has 0 atom stereocenters. The van der Waals surface area contributed by atoms with E-state index in [1.807, 2.05) is 24.3 Å². The fourth-order valence-corrected chi connectivity index (χ4v) is 2.55. The number of ketones is 1. The first-order valence-electron chi connectivity index (χ1n) is 5.12. The zero-order valence-electron chi connectivity index (χ0n) is 9.51. The molecular formula is C12H14O3S2. The van der Waals surface area contributed by atoms with Crippen molar-refractivity contribution in [1.29, 1.82) is 0 Å². The predicted octanol–water partition coefficient (Wildman–Crippen LogP) is 2.85. The molecule has 0 aromatic rings. The zero-order chi connectivity index (χ0) is 12.7. The van der Waals surface area contributed by atoms with Crippen molar-refractivity contribution in [2.45, 2.75) is 13.3 Å². The first-order chi connectivity index (χ1) is 8.08. The molecule has 0 fully saturated rings. The first-order valence-corrected chi connectivity index (χ1v) is 7.09. The number of rotatable bonds is 6. The van der Waals surface area contributed by atoms with Gasteiger partial charge in [0.1, 0.15) is 5.78 Å². The van der Waals surface area contributed by atoms with Gasteiger partial charge in [-0.05, 0) is 24.3 Å². The highest BCUT2D eigenvalue weighted by Crippen LogP contribution is 2.26. The van der Waals surface area contributed by atoms with E-state index in [-0.39, 0.29) is 11.5 Å². The van der Waals surface area contributed by atoms with Crippen LogP contribution in [0.25, 0.3) is 0 Å². The molecule has 0 saturated carbocycles. The summed E-state index contributed by atoms with van der Waals surface area (Å²) in [6.07, 6.45) is 8.57. The summed E-state index contributed by atoms with van der Waals surface area (Å²) in [4.78, 5) is 23.4. The molecule has 0 spiro atoms. The molecule has 1 aliphatic carbocycles. The summed E-state index contributed by atoms with van der Waals surface area (Å²) in [6, 6.07) is 0. The lowest BCUT2D eigenvalue weighted by Crippen LogP contribution is -1.97. The third-order valence-electron chi connectivity index (χ3n) is 1.86. The molecule has 0 saturated heterocycles. The topological polar surface area (TPSA) is 54.4 Å². The summed E-state index contributed by atoms with van der Waals surface area (Å²) in [5.74, 6) is -0.0947. The molecule has 17 heavy (non-hydrogen) atoms. The van der Waals surface area contributed by atoms with Crippen LogP contribution in [0.3, 0.4) is 0 Å². The molecule has 0 radical (unpaired) electrons. The van der Waals surface area contributed by atoms with Gasteiger partial charge in [0, 0.05) is 4.91 Å². The minimum Gasteiger partial charge on any atom is -0.481 e. The van der Waals surface area contributed by atoms with Crippen molar-refractivity contribution in [1.82, 2.24) is 0 Å². The van der Waals surface area contributed by atoms with Gasteiger partial charge in [0.2, 0.25) is 0 Å². The molecule has 5 heteroatoms. The van der Waals surface area contributed by atoms with Gasteiger partial charge in [0.25, 0.3) is 0 Å². The minimum absolute atomic E-state index is 0.0867. The maximum atomic E-state index is 10.9. The Labute approximate surface area is 109 Å². The van der Waals surface area contributed by atoms with Crippen LogP contribution >= 0.6 is 23.5 Å². The number of carboxylic acid groups (broad SMARTS) is 1. The van der Waals surface area contributed by atoms with Crippen LogP contribution in [-0.4, -0.2) is 28.4 Å². The fourth-order valence-electron chi connectivity index (χ4n) is 1.13. The van der Waals surface area contributed by atoms with Gasteiger partial charge in [-0.3, -0.25) is 9.59 Å². The van der Waals surface area contributed by atoms with Crippen molar-refractivity contribution in [3.8, 4) is 0 Å². The van der Waals surface area contributed by atoms with Crippen LogP contribution in [0, 0.1) is 0 Å². The SMILES string of the molecule is CC(=O)CSC1=CC=C(SCC(=O)O)CC=C1. The summed E-state index contributed by atoms with van der Waals surface area (Å²) >= 11 is 2.83. The van der Waals surface area contributed by atoms with Gasteiger partial charge in [-0.25, -0.2) is 0 Å². The Morgan fingerprint density at radius 1 is 1.29 bits per heavy atom. The highest BCUT2D eigenvalue weighted by molar-refractivity contribution is 8.04. The number of hydrogen-bond acceptors (Lipinski definition) is 4. The summed E-state index contributed by atoms with van der Waals surface area (Å²) < 4.78 is 0. The molecule has 3 nitrogen and oxygen atoms in total. The third kappa shape index (κ3) is 6.38. The molecule has 0 heterocycles. The van der Waals surface area contributed by atoms with E-state index in [4.69, 9.17) is 5.11 Å². The van der Waals surface area contributed by atoms with Crippen LogP contribution in [0.2, 0.25) is 0 Å². The summed E-state index contributed by atoms with van der Waals surface area (Å²) in [5.41, 5.74) is 0. The van der Waals surface area contributed by atoms with E-state index in [0.29, 0.717) is 5.75 Å². The Morgan fingerprint density at radius 2 is 2.06 bits per heavy atom.